The summed E-state index contributed by atoms with van der Waals surface area (Å²) in [6, 6.07) is 0. The van der Waals surface area contributed by atoms with Gasteiger partial charge in [0.1, 0.15) is 5.82 Å². The van der Waals surface area contributed by atoms with Crippen molar-refractivity contribution in [3.63, 3.8) is 0 Å². The molecule has 0 unspecified atom stereocenters. The van der Waals surface area contributed by atoms with Crippen LogP contribution in [0.2, 0.25) is 0 Å². The van der Waals surface area contributed by atoms with E-state index in [1.165, 1.54) is 11.3 Å². The number of thiazole rings is 1. The summed E-state index contributed by atoms with van der Waals surface area (Å²) in [6.45, 7) is 4.92. The molecule has 0 aliphatic carbocycles. The number of hydrogen-bond acceptors (Lipinski definition) is 4. The smallest absolute Gasteiger partial charge is 0.181 e. The van der Waals surface area contributed by atoms with Gasteiger partial charge in [0.15, 0.2) is 5.78 Å². The van der Waals surface area contributed by atoms with E-state index in [9.17, 15) is 4.79 Å². The second kappa shape index (κ2) is 5.23. The van der Waals surface area contributed by atoms with Gasteiger partial charge in [-0.05, 0) is 13.3 Å². The van der Waals surface area contributed by atoms with Gasteiger partial charge in [0.05, 0.1) is 16.3 Å². The summed E-state index contributed by atoms with van der Waals surface area (Å²) in [7, 11) is 0. The van der Waals surface area contributed by atoms with Crippen LogP contribution in [0, 0.1) is 6.92 Å². The van der Waals surface area contributed by atoms with E-state index in [0.717, 1.165) is 23.8 Å². The molecule has 2 aromatic heterocycles. The standard InChI is InChI=1S/C12H15N3OS/c1-3-5-15-6-4-13-12(15)7-10(16)11-8-14-9(2)17-11/h4,6,8H,3,5,7H2,1-2H3. The van der Waals surface area contributed by atoms with Crippen LogP contribution in [-0.4, -0.2) is 20.3 Å². The third-order valence-electron chi connectivity index (χ3n) is 2.48. The van der Waals surface area contributed by atoms with Crippen LogP contribution in [-0.2, 0) is 13.0 Å². The Labute approximate surface area is 104 Å². The van der Waals surface area contributed by atoms with Crippen molar-refractivity contribution >= 4 is 17.1 Å². The molecule has 0 bridgehead atoms. The van der Waals surface area contributed by atoms with E-state index >= 15 is 0 Å². The number of ketones is 1. The Kier molecular flexibility index (Phi) is 3.68. The van der Waals surface area contributed by atoms with Crippen molar-refractivity contribution in [2.45, 2.75) is 33.2 Å². The first-order chi connectivity index (χ1) is 8.20. The third-order valence-corrected chi connectivity index (χ3v) is 3.43. The molecule has 0 aromatic carbocycles. The minimum absolute atomic E-state index is 0.0964. The fraction of sp³-hybridized carbons (Fsp3) is 0.417. The maximum Gasteiger partial charge on any atom is 0.181 e. The van der Waals surface area contributed by atoms with Gasteiger partial charge in [-0.15, -0.1) is 11.3 Å². The van der Waals surface area contributed by atoms with E-state index in [0.29, 0.717) is 11.3 Å². The Bertz CT molecular complexity index is 515. The van der Waals surface area contributed by atoms with E-state index in [4.69, 9.17) is 0 Å². The second-order valence-electron chi connectivity index (χ2n) is 3.88. The maximum atomic E-state index is 12.0. The zero-order valence-corrected chi connectivity index (χ0v) is 10.8. The number of carbonyl (C=O) groups excluding carboxylic acids is 1. The van der Waals surface area contributed by atoms with Gasteiger partial charge in [-0.25, -0.2) is 9.97 Å². The summed E-state index contributed by atoms with van der Waals surface area (Å²) in [5.74, 6) is 0.932. The fourth-order valence-corrected chi connectivity index (χ4v) is 2.39. The first-order valence-electron chi connectivity index (χ1n) is 5.66. The number of rotatable bonds is 5. The van der Waals surface area contributed by atoms with Gasteiger partial charge in [-0.1, -0.05) is 6.92 Å². The predicted octanol–water partition coefficient (Wildman–Crippen LogP) is 2.48. The van der Waals surface area contributed by atoms with Crippen molar-refractivity contribution in [3.05, 3.63) is 34.3 Å². The van der Waals surface area contributed by atoms with Crippen molar-refractivity contribution in [1.82, 2.24) is 14.5 Å². The number of imidazole rings is 1. The minimum Gasteiger partial charge on any atom is -0.335 e. The molecule has 4 nitrogen and oxygen atoms in total. The normalized spacial score (nSPS) is 10.7. The molecule has 0 aliphatic heterocycles. The van der Waals surface area contributed by atoms with Crippen LogP contribution in [0.5, 0.6) is 0 Å². The van der Waals surface area contributed by atoms with Gasteiger partial charge >= 0.3 is 0 Å². The maximum absolute atomic E-state index is 12.0. The SMILES string of the molecule is CCCn1ccnc1CC(=O)c1cnc(C)s1. The molecule has 2 rings (SSSR count). The van der Waals surface area contributed by atoms with E-state index in [2.05, 4.69) is 16.9 Å². The number of Topliss-reactive ketones (excluding diaryl/α,β-unsaturated/α-hetero) is 1. The zero-order chi connectivity index (χ0) is 12.3. The van der Waals surface area contributed by atoms with Crippen molar-refractivity contribution in [1.29, 1.82) is 0 Å². The molecule has 0 aliphatic rings. The quantitative estimate of drug-likeness (QED) is 0.765. The molecule has 0 atom stereocenters. The van der Waals surface area contributed by atoms with Crippen LogP contribution in [0.3, 0.4) is 0 Å². The molecule has 17 heavy (non-hydrogen) atoms. The minimum atomic E-state index is 0.0964. The first kappa shape index (κ1) is 12.0. The van der Waals surface area contributed by atoms with Gasteiger partial charge in [-0.2, -0.15) is 0 Å². The highest BCUT2D eigenvalue weighted by molar-refractivity contribution is 7.13. The molecule has 0 saturated heterocycles. The highest BCUT2D eigenvalue weighted by Gasteiger charge is 2.13. The summed E-state index contributed by atoms with van der Waals surface area (Å²) >= 11 is 1.44. The lowest BCUT2D eigenvalue weighted by molar-refractivity contribution is 0.0993. The summed E-state index contributed by atoms with van der Waals surface area (Å²) in [6.07, 6.45) is 6.71. The van der Waals surface area contributed by atoms with Crippen LogP contribution >= 0.6 is 11.3 Å². The Morgan fingerprint density at radius 3 is 2.94 bits per heavy atom. The molecule has 0 spiro atoms. The van der Waals surface area contributed by atoms with Crippen LogP contribution in [0.15, 0.2) is 18.6 Å². The van der Waals surface area contributed by atoms with Crippen molar-refractivity contribution in [2.24, 2.45) is 0 Å². The van der Waals surface area contributed by atoms with Gasteiger partial charge in [0.2, 0.25) is 0 Å². The highest BCUT2D eigenvalue weighted by atomic mass is 32.1. The van der Waals surface area contributed by atoms with Gasteiger partial charge < -0.3 is 4.57 Å². The van der Waals surface area contributed by atoms with E-state index in [-0.39, 0.29) is 5.78 Å². The lowest BCUT2D eigenvalue weighted by Gasteiger charge is -2.04. The fourth-order valence-electron chi connectivity index (χ4n) is 1.67. The number of aryl methyl sites for hydroxylation is 2. The van der Waals surface area contributed by atoms with Gasteiger partial charge in [0, 0.05) is 25.1 Å². The molecule has 0 radical (unpaired) electrons. The zero-order valence-electron chi connectivity index (χ0n) is 10.0. The van der Waals surface area contributed by atoms with E-state index < -0.39 is 0 Å². The van der Waals surface area contributed by atoms with Gasteiger partial charge in [-0.3, -0.25) is 4.79 Å². The molecular weight excluding hydrogens is 234 g/mol. The summed E-state index contributed by atoms with van der Waals surface area (Å²) in [5, 5.41) is 0.922. The number of nitrogens with zero attached hydrogens (tertiary/aromatic N) is 3. The van der Waals surface area contributed by atoms with Crippen molar-refractivity contribution in [2.75, 3.05) is 0 Å². The lowest BCUT2D eigenvalue weighted by Crippen LogP contribution is -2.09. The number of carbonyl (C=O) groups is 1. The van der Waals surface area contributed by atoms with E-state index in [1.807, 2.05) is 17.7 Å². The molecule has 0 saturated carbocycles. The second-order valence-corrected chi connectivity index (χ2v) is 5.12. The van der Waals surface area contributed by atoms with Crippen LogP contribution in [0.25, 0.3) is 0 Å². The molecule has 0 N–H and O–H groups in total. The average Bonchev–Trinajstić information content (AvgIpc) is 2.89. The van der Waals surface area contributed by atoms with Crippen molar-refractivity contribution in [3.8, 4) is 0 Å². The molecule has 90 valence electrons. The third kappa shape index (κ3) is 2.79. The number of hydrogen-bond donors (Lipinski definition) is 0. The Balaban J connectivity index is 2.10. The monoisotopic (exact) mass is 249 g/mol. The molecular formula is C12H15N3OS. The summed E-state index contributed by atoms with van der Waals surface area (Å²) in [5.41, 5.74) is 0. The van der Waals surface area contributed by atoms with Crippen LogP contribution in [0.1, 0.15) is 33.8 Å². The molecule has 0 amide bonds. The Hall–Kier alpha value is -1.49. The molecule has 2 heterocycles. The molecule has 0 fully saturated rings. The van der Waals surface area contributed by atoms with Crippen LogP contribution < -0.4 is 0 Å². The predicted molar refractivity (Wildman–Crippen MR) is 67.4 cm³/mol. The molecule has 2 aromatic rings. The summed E-state index contributed by atoms with van der Waals surface area (Å²) < 4.78 is 2.03. The van der Waals surface area contributed by atoms with E-state index in [1.54, 1.807) is 12.4 Å². The summed E-state index contributed by atoms with van der Waals surface area (Å²) in [4.78, 5) is 21.0. The first-order valence-corrected chi connectivity index (χ1v) is 6.48. The average molecular weight is 249 g/mol. The number of aromatic nitrogens is 3. The Morgan fingerprint density at radius 1 is 1.47 bits per heavy atom. The topological polar surface area (TPSA) is 47.8 Å². The highest BCUT2D eigenvalue weighted by Crippen LogP contribution is 2.14. The largest absolute Gasteiger partial charge is 0.335 e. The lowest BCUT2D eigenvalue weighted by atomic mass is 10.2. The van der Waals surface area contributed by atoms with Crippen molar-refractivity contribution < 1.29 is 4.79 Å². The Morgan fingerprint density at radius 2 is 2.29 bits per heavy atom. The van der Waals surface area contributed by atoms with Crippen LogP contribution in [0.4, 0.5) is 0 Å². The van der Waals surface area contributed by atoms with Gasteiger partial charge in [0.25, 0.3) is 0 Å². The molecule has 5 heteroatoms.